The molecule has 0 bridgehead atoms. The molecular formula is C98H97F3N12O16S3. The summed E-state index contributed by atoms with van der Waals surface area (Å²) in [6, 6.07) is 65.7. The quantitative estimate of drug-likeness (QED) is 0.0371. The number of hydrogen-bond acceptors (Lipinski definition) is 19. The highest BCUT2D eigenvalue weighted by Crippen LogP contribution is 2.51. The van der Waals surface area contributed by atoms with Crippen LogP contribution in [0, 0.1) is 17.5 Å². The number of phenolic OH excluding ortho intramolecular Hbond substituents is 1. The van der Waals surface area contributed by atoms with Gasteiger partial charge in [0.15, 0.2) is 17.2 Å². The van der Waals surface area contributed by atoms with Gasteiger partial charge >= 0.3 is 42.8 Å². The molecule has 16 rings (SSSR count). The average Bonchev–Trinajstić information content (AvgIpc) is 1.56. The summed E-state index contributed by atoms with van der Waals surface area (Å²) >= 11 is 0. The van der Waals surface area contributed by atoms with E-state index in [4.69, 9.17) is 23.9 Å². The summed E-state index contributed by atoms with van der Waals surface area (Å²) in [7, 11) is -13.0. The van der Waals surface area contributed by atoms with E-state index < -0.39 is 95.6 Å². The predicted octanol–water partition coefficient (Wildman–Crippen LogP) is 17.8. The molecule has 13 aromatic rings. The Bertz CT molecular complexity index is 6780. The van der Waals surface area contributed by atoms with E-state index in [9.17, 15) is 67.5 Å². The zero-order valence-corrected chi connectivity index (χ0v) is 76.3. The molecule has 3 aliphatic heterocycles. The van der Waals surface area contributed by atoms with Crippen molar-refractivity contribution in [2.24, 2.45) is 0 Å². The van der Waals surface area contributed by atoms with Crippen LogP contribution in [0.15, 0.2) is 249 Å². The first-order valence-electron chi connectivity index (χ1n) is 42.5. The lowest BCUT2D eigenvalue weighted by molar-refractivity contribution is 0.0395. The van der Waals surface area contributed by atoms with E-state index >= 15 is 0 Å². The topological polar surface area (TPSA) is 339 Å². The van der Waals surface area contributed by atoms with E-state index in [-0.39, 0.29) is 133 Å². The molecule has 0 fully saturated rings. The third kappa shape index (κ3) is 20.5. The number of benzene rings is 10. The first-order chi connectivity index (χ1) is 63.0. The standard InChI is InChI=1S/C40H41FN4O6S.C36H33FN4O6S.C22H23FN4O4S/c1-6-44(52(48,49)45(7-2)39(47)51-40(3,4)5)35-31-19-14-24-42-34(31)37(50-36(28-15-10-8-11-16-28)29-17-12-9-13-18-29)33-32(35)26-43(38(33)46)25-27-20-22-30(41)23-21-27;1-36(2,3)47-35(43)40-48(44,45)39-30-27-15-10-20-38-31(27)33(46-32(24-11-6-4-7-12-24)25-13-8-5-9-14-25)29-28(30)22-41(34(29)42)21-23-16-18-26(37)19-17-23;1-3-25-32(30,31)27(4-2)20-16-6-5-11-24-19(16)21(28)18-17(20)13-26(22(18)29)12-14-7-9-15(23)10-8-14/h8-24,36H,6-7,25-26H2,1-5H3;4-20,32,39H,21-22H2,1-3H3,(H,40,43);5-11,25,28H,3-4,12-13H2,1-2H3. The highest BCUT2D eigenvalue weighted by molar-refractivity contribution is 7.91. The van der Waals surface area contributed by atoms with Crippen LogP contribution in [0.1, 0.15) is 168 Å². The summed E-state index contributed by atoms with van der Waals surface area (Å²) in [6.07, 6.45) is 1.06. The van der Waals surface area contributed by atoms with Crippen LogP contribution in [0.3, 0.4) is 0 Å². The minimum Gasteiger partial charge on any atom is -0.505 e. The maximum atomic E-state index is 14.6. The number of amides is 5. The Hall–Kier alpha value is -14.2. The van der Waals surface area contributed by atoms with Gasteiger partial charge in [-0.1, -0.05) is 165 Å². The number of pyridine rings is 3. The molecule has 0 unspecified atom stereocenters. The fraction of sp³-hybridized carbons (Fsp3) is 0.245. The van der Waals surface area contributed by atoms with E-state index in [1.807, 2.05) is 126 Å². The molecule has 3 aromatic heterocycles. The molecule has 0 spiro atoms. The van der Waals surface area contributed by atoms with Crippen molar-refractivity contribution in [3.05, 3.63) is 339 Å². The number of rotatable bonds is 27. The van der Waals surface area contributed by atoms with Crippen LogP contribution in [0.2, 0.25) is 0 Å². The minimum atomic E-state index is -4.57. The summed E-state index contributed by atoms with van der Waals surface area (Å²) in [6.45, 7) is 16.9. The number of anilines is 3. The molecule has 4 N–H and O–H groups in total. The Labute approximate surface area is 763 Å². The van der Waals surface area contributed by atoms with Gasteiger partial charge in [-0.15, -0.1) is 0 Å². The maximum absolute atomic E-state index is 14.6. The SMILES string of the molecule is CC(C)(C)OC(=O)NS(=O)(=O)Nc1c2c(c(OC(c3ccccc3)c3ccccc3)c3ncccc13)C(=O)N(Cc1ccc(F)cc1)C2.CCN(C(=O)OC(C)(C)C)S(=O)(=O)N(CC)c1c2c(c(OC(c3ccccc3)c3ccccc3)c3ncccc13)C(=O)N(Cc1ccc(F)cc1)C2.CCNS(=O)(=O)N(CC)c1c2c(c(O)c3ncccc13)C(=O)N(Cc1ccc(F)cc1)C2. The van der Waals surface area contributed by atoms with E-state index in [1.165, 1.54) is 62.9 Å². The van der Waals surface area contributed by atoms with Crippen LogP contribution in [0.4, 0.5) is 39.8 Å². The van der Waals surface area contributed by atoms with Crippen LogP contribution in [0.5, 0.6) is 17.2 Å². The van der Waals surface area contributed by atoms with Gasteiger partial charge in [-0.25, -0.2) is 27.5 Å². The molecule has 0 atom stereocenters. The normalized spacial score (nSPS) is 13.1. The summed E-state index contributed by atoms with van der Waals surface area (Å²) in [4.78, 5) is 86.1. The van der Waals surface area contributed by atoms with Crippen LogP contribution in [-0.4, -0.2) is 132 Å². The van der Waals surface area contributed by atoms with Gasteiger partial charge in [-0.2, -0.15) is 34.3 Å². The van der Waals surface area contributed by atoms with Crippen molar-refractivity contribution >= 4 is 110 Å². The molecule has 28 nitrogen and oxygen atoms in total. The Morgan fingerprint density at radius 2 is 0.803 bits per heavy atom. The number of ether oxygens (including phenoxy) is 4. The van der Waals surface area contributed by atoms with Crippen molar-refractivity contribution in [3.63, 3.8) is 0 Å². The van der Waals surface area contributed by atoms with Crippen molar-refractivity contribution < 1.29 is 86.5 Å². The van der Waals surface area contributed by atoms with Gasteiger partial charge in [0.05, 0.1) is 33.8 Å². The van der Waals surface area contributed by atoms with Gasteiger partial charge in [0, 0.05) is 117 Å². The van der Waals surface area contributed by atoms with Crippen molar-refractivity contribution in [3.8, 4) is 17.2 Å². The van der Waals surface area contributed by atoms with Crippen LogP contribution in [0.25, 0.3) is 32.7 Å². The smallest absolute Gasteiger partial charge is 0.425 e. The van der Waals surface area contributed by atoms with Gasteiger partial charge in [0.25, 0.3) is 17.7 Å². The average molecular weight is 1850 g/mol. The number of hydrogen-bond donors (Lipinski definition) is 4. The van der Waals surface area contributed by atoms with Crippen molar-refractivity contribution in [2.45, 2.75) is 132 Å². The number of halogens is 3. The summed E-state index contributed by atoms with van der Waals surface area (Å²) < 4.78 is 157. The Kier molecular flexibility index (Phi) is 27.9. The van der Waals surface area contributed by atoms with Crippen LogP contribution >= 0.6 is 0 Å². The molecular weight excluding hydrogens is 1750 g/mol. The molecule has 5 amide bonds. The first-order valence-corrected chi connectivity index (χ1v) is 46.8. The molecule has 0 saturated heterocycles. The minimum absolute atomic E-state index is 0.00793. The van der Waals surface area contributed by atoms with Gasteiger partial charge in [-0.05, 0) is 174 Å². The van der Waals surface area contributed by atoms with E-state index in [0.29, 0.717) is 59.5 Å². The lowest BCUT2D eigenvalue weighted by Gasteiger charge is -2.33. The number of fused-ring (bicyclic) bond motifs is 6. The molecule has 6 heterocycles. The molecule has 3 aliphatic rings. The number of phenols is 1. The number of carbonyl (C=O) groups excluding carboxylic acids is 5. The summed E-state index contributed by atoms with van der Waals surface area (Å²) in [5.74, 6) is -2.38. The van der Waals surface area contributed by atoms with Gasteiger partial charge < -0.3 is 38.8 Å². The Morgan fingerprint density at radius 1 is 0.447 bits per heavy atom. The van der Waals surface area contributed by atoms with Crippen LogP contribution in [-0.2, 0) is 79.4 Å². The Morgan fingerprint density at radius 3 is 1.20 bits per heavy atom. The molecule has 0 aliphatic carbocycles. The molecule has 0 saturated carbocycles. The molecule has 132 heavy (non-hydrogen) atoms. The van der Waals surface area contributed by atoms with E-state index in [1.54, 1.807) is 153 Å². The second-order valence-corrected chi connectivity index (χ2v) is 37.9. The third-order valence-electron chi connectivity index (χ3n) is 21.6. The molecule has 10 aromatic carbocycles. The van der Waals surface area contributed by atoms with Crippen molar-refractivity contribution in [1.29, 1.82) is 0 Å². The molecule has 0 radical (unpaired) electrons. The van der Waals surface area contributed by atoms with Gasteiger partial charge in [-0.3, -0.25) is 42.7 Å². The van der Waals surface area contributed by atoms with Crippen molar-refractivity contribution in [1.82, 2.24) is 43.4 Å². The number of aromatic nitrogens is 3. The van der Waals surface area contributed by atoms with Crippen molar-refractivity contribution in [2.75, 3.05) is 39.5 Å². The number of nitrogens with zero attached hydrogens (tertiary/aromatic N) is 9. The number of nitrogens with one attached hydrogen (secondary N) is 3. The highest BCUT2D eigenvalue weighted by atomic mass is 32.2. The Balaban J connectivity index is 0.000000164. The fourth-order valence-corrected chi connectivity index (χ4v) is 19.7. The second kappa shape index (κ2) is 39.2. The van der Waals surface area contributed by atoms with Gasteiger partial charge in [0.2, 0.25) is 0 Å². The fourth-order valence-electron chi connectivity index (χ4n) is 16.0. The summed E-state index contributed by atoms with van der Waals surface area (Å²) in [5.41, 5.74) is 6.19. The highest BCUT2D eigenvalue weighted by Gasteiger charge is 2.45. The van der Waals surface area contributed by atoms with Gasteiger partial charge in [0.1, 0.15) is 57.4 Å². The number of aromatic hydroxyl groups is 1. The number of carbonyl (C=O) groups is 5. The van der Waals surface area contributed by atoms with E-state index in [0.717, 1.165) is 26.6 Å². The second-order valence-electron chi connectivity index (χ2n) is 33.0. The zero-order chi connectivity index (χ0) is 94.3. The largest absolute Gasteiger partial charge is 0.505 e. The monoisotopic (exact) mass is 1850 g/mol. The summed E-state index contributed by atoms with van der Waals surface area (Å²) in [5, 5.41) is 12.1. The zero-order valence-electron chi connectivity index (χ0n) is 73.9. The molecule has 34 heteroatoms. The van der Waals surface area contributed by atoms with Crippen LogP contribution < -0.4 is 32.3 Å². The van der Waals surface area contributed by atoms with E-state index in [2.05, 4.69) is 19.4 Å². The maximum Gasteiger partial charge on any atom is 0.425 e. The lowest BCUT2D eigenvalue weighted by Crippen LogP contribution is -2.48. The third-order valence-corrected chi connectivity index (χ3v) is 26.1. The predicted molar refractivity (Wildman–Crippen MR) is 496 cm³/mol. The molecule has 684 valence electrons. The first kappa shape index (κ1) is 93.9. The lowest BCUT2D eigenvalue weighted by atomic mass is 9.99.